The predicted octanol–water partition coefficient (Wildman–Crippen LogP) is 1.66. The van der Waals surface area contributed by atoms with Crippen molar-refractivity contribution < 1.29 is 9.53 Å². The lowest BCUT2D eigenvalue weighted by Gasteiger charge is -2.20. The molecule has 1 rings (SSSR count). The molecule has 0 radical (unpaired) electrons. The van der Waals surface area contributed by atoms with Gasteiger partial charge in [0, 0.05) is 32.7 Å². The van der Waals surface area contributed by atoms with Gasteiger partial charge in [-0.2, -0.15) is 0 Å². The van der Waals surface area contributed by atoms with Crippen molar-refractivity contribution in [1.82, 2.24) is 16.0 Å². The van der Waals surface area contributed by atoms with Gasteiger partial charge in [0.25, 0.3) is 0 Å². The van der Waals surface area contributed by atoms with Crippen LogP contribution in [0.2, 0.25) is 0 Å². The number of ether oxygens (including phenoxy) is 1. The first kappa shape index (κ1) is 19.7. The van der Waals surface area contributed by atoms with E-state index in [1.807, 2.05) is 13.8 Å². The summed E-state index contributed by atoms with van der Waals surface area (Å²) in [6, 6.07) is 0.193. The Morgan fingerprint density at radius 3 is 2.65 bits per heavy atom. The van der Waals surface area contributed by atoms with Crippen molar-refractivity contribution in [1.29, 1.82) is 0 Å². The molecule has 1 fully saturated rings. The second-order valence-electron chi connectivity index (χ2n) is 6.32. The van der Waals surface area contributed by atoms with Crippen molar-refractivity contribution in [2.24, 2.45) is 10.9 Å². The van der Waals surface area contributed by atoms with Gasteiger partial charge in [-0.3, -0.25) is 9.79 Å². The molecule has 0 saturated heterocycles. The number of guanidine groups is 1. The molecule has 0 aromatic heterocycles. The lowest BCUT2D eigenvalue weighted by Crippen LogP contribution is -2.44. The highest BCUT2D eigenvalue weighted by Gasteiger charge is 2.16. The molecule has 3 N–H and O–H groups in total. The molecular weight excluding hydrogens is 292 g/mol. The quantitative estimate of drug-likeness (QED) is 0.342. The van der Waals surface area contributed by atoms with Crippen molar-refractivity contribution in [3.05, 3.63) is 0 Å². The average Bonchev–Trinajstić information content (AvgIpc) is 2.53. The zero-order valence-corrected chi connectivity index (χ0v) is 15.0. The molecule has 6 nitrogen and oxygen atoms in total. The van der Waals surface area contributed by atoms with Crippen LogP contribution in [0.4, 0.5) is 0 Å². The molecule has 6 heteroatoms. The summed E-state index contributed by atoms with van der Waals surface area (Å²) in [7, 11) is 1.68. The fourth-order valence-electron chi connectivity index (χ4n) is 2.93. The minimum atomic E-state index is 0.165. The first-order chi connectivity index (χ1) is 11.2. The Labute approximate surface area is 140 Å². The van der Waals surface area contributed by atoms with Gasteiger partial charge in [-0.15, -0.1) is 0 Å². The van der Waals surface area contributed by atoms with Crippen LogP contribution in [-0.2, 0) is 9.53 Å². The van der Waals surface area contributed by atoms with Crippen LogP contribution in [0.1, 0.15) is 52.4 Å². The normalized spacial score (nSPS) is 17.6. The van der Waals surface area contributed by atoms with Gasteiger partial charge < -0.3 is 20.7 Å². The van der Waals surface area contributed by atoms with Crippen LogP contribution < -0.4 is 16.0 Å². The van der Waals surface area contributed by atoms with Crippen molar-refractivity contribution in [2.45, 2.75) is 58.4 Å². The number of hydrogen-bond donors (Lipinski definition) is 3. The van der Waals surface area contributed by atoms with E-state index in [4.69, 9.17) is 4.74 Å². The number of carbonyl (C=O) groups excluding carboxylic acids is 1. The highest BCUT2D eigenvalue weighted by Crippen LogP contribution is 2.25. The Morgan fingerprint density at radius 1 is 1.26 bits per heavy atom. The lowest BCUT2D eigenvalue weighted by atomic mass is 9.87. The molecule has 1 atom stereocenters. The van der Waals surface area contributed by atoms with Crippen LogP contribution in [0.25, 0.3) is 0 Å². The monoisotopic (exact) mass is 326 g/mol. The number of methoxy groups -OCH3 is 1. The molecule has 1 aliphatic carbocycles. The van der Waals surface area contributed by atoms with E-state index >= 15 is 0 Å². The zero-order valence-electron chi connectivity index (χ0n) is 15.0. The summed E-state index contributed by atoms with van der Waals surface area (Å²) in [5, 5.41) is 9.45. The standard InChI is InChI=1S/C17H34N4O2/c1-4-18-17(21-14(2)13-23-3)20-11-10-19-16(22)12-15-8-6-5-7-9-15/h14-15H,4-13H2,1-3H3,(H,19,22)(H2,18,20,21). The summed E-state index contributed by atoms with van der Waals surface area (Å²) in [5.41, 5.74) is 0. The van der Waals surface area contributed by atoms with Crippen LogP contribution in [0.15, 0.2) is 4.99 Å². The number of amides is 1. The largest absolute Gasteiger partial charge is 0.383 e. The Bertz CT molecular complexity index is 355. The van der Waals surface area contributed by atoms with Gasteiger partial charge in [0.15, 0.2) is 5.96 Å². The lowest BCUT2D eigenvalue weighted by molar-refractivity contribution is -0.122. The molecule has 134 valence electrons. The third kappa shape index (κ3) is 9.43. The zero-order chi connectivity index (χ0) is 16.9. The minimum absolute atomic E-state index is 0.165. The summed E-state index contributed by atoms with van der Waals surface area (Å²) < 4.78 is 5.11. The van der Waals surface area contributed by atoms with Gasteiger partial charge in [-0.1, -0.05) is 19.3 Å². The fraction of sp³-hybridized carbons (Fsp3) is 0.882. The molecule has 0 bridgehead atoms. The minimum Gasteiger partial charge on any atom is -0.383 e. The maximum atomic E-state index is 11.9. The topological polar surface area (TPSA) is 74.8 Å². The molecule has 1 saturated carbocycles. The third-order valence-corrected chi connectivity index (χ3v) is 4.05. The van der Waals surface area contributed by atoms with Gasteiger partial charge in [0.2, 0.25) is 5.91 Å². The number of carbonyl (C=O) groups is 1. The highest BCUT2D eigenvalue weighted by molar-refractivity contribution is 5.80. The number of rotatable bonds is 9. The molecule has 23 heavy (non-hydrogen) atoms. The molecule has 0 aromatic carbocycles. The molecular formula is C17H34N4O2. The molecule has 0 spiro atoms. The molecule has 0 aromatic rings. The Balaban J connectivity index is 2.23. The highest BCUT2D eigenvalue weighted by atomic mass is 16.5. The van der Waals surface area contributed by atoms with E-state index < -0.39 is 0 Å². The molecule has 1 aliphatic rings. The Morgan fingerprint density at radius 2 is 2.00 bits per heavy atom. The summed E-state index contributed by atoms with van der Waals surface area (Å²) in [5.74, 6) is 1.51. The Kier molecular flexibility index (Phi) is 10.4. The van der Waals surface area contributed by atoms with Crippen LogP contribution in [0.5, 0.6) is 0 Å². The van der Waals surface area contributed by atoms with E-state index in [0.29, 0.717) is 32.0 Å². The number of hydrogen-bond acceptors (Lipinski definition) is 3. The molecule has 1 amide bonds. The van der Waals surface area contributed by atoms with Gasteiger partial charge >= 0.3 is 0 Å². The predicted molar refractivity (Wildman–Crippen MR) is 94.7 cm³/mol. The second-order valence-corrected chi connectivity index (χ2v) is 6.32. The van der Waals surface area contributed by atoms with Crippen LogP contribution >= 0.6 is 0 Å². The molecule has 0 aliphatic heterocycles. The van der Waals surface area contributed by atoms with Crippen molar-refractivity contribution in [2.75, 3.05) is 33.4 Å². The summed E-state index contributed by atoms with van der Waals surface area (Å²) in [4.78, 5) is 16.4. The van der Waals surface area contributed by atoms with E-state index in [-0.39, 0.29) is 11.9 Å². The van der Waals surface area contributed by atoms with Gasteiger partial charge in [-0.25, -0.2) is 0 Å². The van der Waals surface area contributed by atoms with E-state index in [0.717, 1.165) is 12.5 Å². The SMILES string of the molecule is CCNC(=NCCNC(=O)CC1CCCCC1)NC(C)COC. The van der Waals surface area contributed by atoms with Crippen molar-refractivity contribution >= 4 is 11.9 Å². The first-order valence-corrected chi connectivity index (χ1v) is 8.96. The smallest absolute Gasteiger partial charge is 0.220 e. The summed E-state index contributed by atoms with van der Waals surface area (Å²) >= 11 is 0. The van der Waals surface area contributed by atoms with E-state index in [1.54, 1.807) is 7.11 Å². The summed E-state index contributed by atoms with van der Waals surface area (Å²) in [6.45, 7) is 6.67. The van der Waals surface area contributed by atoms with Crippen LogP contribution in [0.3, 0.4) is 0 Å². The first-order valence-electron chi connectivity index (χ1n) is 8.96. The van der Waals surface area contributed by atoms with Crippen molar-refractivity contribution in [3.8, 4) is 0 Å². The van der Waals surface area contributed by atoms with Crippen LogP contribution in [0, 0.1) is 5.92 Å². The summed E-state index contributed by atoms with van der Waals surface area (Å²) in [6.07, 6.45) is 6.97. The number of nitrogens with one attached hydrogen (secondary N) is 3. The molecule has 1 unspecified atom stereocenters. The maximum Gasteiger partial charge on any atom is 0.220 e. The van der Waals surface area contributed by atoms with Gasteiger partial charge in [-0.05, 0) is 32.6 Å². The van der Waals surface area contributed by atoms with Gasteiger partial charge in [0.1, 0.15) is 0 Å². The average molecular weight is 326 g/mol. The number of aliphatic imine (C=N–C) groups is 1. The van der Waals surface area contributed by atoms with Crippen LogP contribution in [-0.4, -0.2) is 51.3 Å². The van der Waals surface area contributed by atoms with E-state index in [2.05, 4.69) is 20.9 Å². The van der Waals surface area contributed by atoms with Crippen molar-refractivity contribution in [3.63, 3.8) is 0 Å². The third-order valence-electron chi connectivity index (χ3n) is 4.05. The van der Waals surface area contributed by atoms with E-state index in [1.165, 1.54) is 32.1 Å². The fourth-order valence-corrected chi connectivity index (χ4v) is 2.93. The second kappa shape index (κ2) is 12.2. The number of nitrogens with zero attached hydrogens (tertiary/aromatic N) is 1. The van der Waals surface area contributed by atoms with Gasteiger partial charge in [0.05, 0.1) is 13.2 Å². The molecule has 0 heterocycles. The maximum absolute atomic E-state index is 11.9. The van der Waals surface area contributed by atoms with E-state index in [9.17, 15) is 4.79 Å². The Hall–Kier alpha value is -1.30.